The maximum absolute atomic E-state index is 12.1. The van der Waals surface area contributed by atoms with Crippen LogP contribution in [-0.2, 0) is 0 Å². The molecule has 0 atom stereocenters. The second kappa shape index (κ2) is 8.63. The van der Waals surface area contributed by atoms with E-state index in [1.54, 1.807) is 30.3 Å². The Bertz CT molecular complexity index is 766. The first-order chi connectivity index (χ1) is 12.1. The highest BCUT2D eigenvalue weighted by Crippen LogP contribution is 2.14. The van der Waals surface area contributed by atoms with E-state index in [9.17, 15) is 9.59 Å². The van der Waals surface area contributed by atoms with Gasteiger partial charge in [-0.15, -0.1) is 0 Å². The van der Waals surface area contributed by atoms with Gasteiger partial charge < -0.3 is 10.0 Å². The highest BCUT2D eigenvalue weighted by atomic mass is 16.4. The molecular formula is C19H21N3O3. The van der Waals surface area contributed by atoms with Crippen LogP contribution in [0.5, 0.6) is 0 Å². The Labute approximate surface area is 146 Å². The molecule has 2 N–H and O–H groups in total. The molecule has 6 heteroatoms. The number of hydrogen-bond donors (Lipinski definition) is 2. The van der Waals surface area contributed by atoms with Gasteiger partial charge in [0.1, 0.15) is 0 Å². The number of amides is 1. The third kappa shape index (κ3) is 4.67. The summed E-state index contributed by atoms with van der Waals surface area (Å²) in [4.78, 5) is 25.4. The molecule has 0 aliphatic heterocycles. The molecule has 2 rings (SSSR count). The van der Waals surface area contributed by atoms with Gasteiger partial charge in [0.15, 0.2) is 0 Å². The maximum Gasteiger partial charge on any atom is 0.336 e. The lowest BCUT2D eigenvalue weighted by Gasteiger charge is -2.20. The molecule has 1 amide bonds. The molecule has 0 aliphatic carbocycles. The number of nitrogens with one attached hydrogen (secondary N) is 1. The Morgan fingerprint density at radius 1 is 1.08 bits per heavy atom. The molecule has 0 aromatic heterocycles. The third-order valence-electron chi connectivity index (χ3n) is 3.82. The molecule has 130 valence electrons. The largest absolute Gasteiger partial charge is 0.478 e. The highest BCUT2D eigenvalue weighted by Gasteiger charge is 2.08. The van der Waals surface area contributed by atoms with Crippen molar-refractivity contribution in [1.82, 2.24) is 5.43 Å². The van der Waals surface area contributed by atoms with Crippen LogP contribution in [0.1, 0.15) is 40.1 Å². The zero-order chi connectivity index (χ0) is 18.2. The summed E-state index contributed by atoms with van der Waals surface area (Å²) in [6.45, 7) is 5.95. The number of carbonyl (C=O) groups is 2. The van der Waals surface area contributed by atoms with E-state index >= 15 is 0 Å². The van der Waals surface area contributed by atoms with Gasteiger partial charge in [-0.25, -0.2) is 10.2 Å². The van der Waals surface area contributed by atoms with Crippen LogP contribution in [0.4, 0.5) is 5.69 Å². The van der Waals surface area contributed by atoms with E-state index < -0.39 is 5.97 Å². The van der Waals surface area contributed by atoms with Crippen LogP contribution in [0.15, 0.2) is 53.6 Å². The summed E-state index contributed by atoms with van der Waals surface area (Å²) in [5, 5.41) is 13.0. The number of anilines is 1. The molecule has 6 nitrogen and oxygen atoms in total. The van der Waals surface area contributed by atoms with E-state index in [0.717, 1.165) is 18.8 Å². The Balaban J connectivity index is 2.04. The average Bonchev–Trinajstić information content (AvgIpc) is 2.63. The molecule has 2 aromatic rings. The number of hydrazone groups is 1. The van der Waals surface area contributed by atoms with E-state index in [-0.39, 0.29) is 11.5 Å². The predicted molar refractivity (Wildman–Crippen MR) is 98.5 cm³/mol. The molecule has 0 spiro atoms. The molecule has 0 fully saturated rings. The molecule has 2 aromatic carbocycles. The fourth-order valence-corrected chi connectivity index (χ4v) is 2.44. The van der Waals surface area contributed by atoms with Crippen LogP contribution in [0, 0.1) is 0 Å². The summed E-state index contributed by atoms with van der Waals surface area (Å²) in [5.41, 5.74) is 4.51. The van der Waals surface area contributed by atoms with Crippen LogP contribution in [0.3, 0.4) is 0 Å². The molecule has 25 heavy (non-hydrogen) atoms. The van der Waals surface area contributed by atoms with Crippen molar-refractivity contribution in [2.24, 2.45) is 5.10 Å². The Hall–Kier alpha value is -3.15. The van der Waals surface area contributed by atoms with Gasteiger partial charge in [-0.2, -0.15) is 5.10 Å². The number of carboxylic acids is 1. The monoisotopic (exact) mass is 339 g/mol. The first kappa shape index (κ1) is 18.2. The predicted octanol–water partition coefficient (Wildman–Crippen LogP) is 2.99. The zero-order valence-electron chi connectivity index (χ0n) is 14.3. The van der Waals surface area contributed by atoms with Gasteiger partial charge in [-0.3, -0.25) is 4.79 Å². The van der Waals surface area contributed by atoms with Gasteiger partial charge in [-0.05, 0) is 44.2 Å². The standard InChI is InChI=1S/C19H21N3O3/c1-3-22(4-2)16-11-9-14(10-12-16)18(23)21-20-13-15-7-5-6-8-17(15)19(24)25/h5-13H,3-4H2,1-2H3,(H,21,23)(H,24,25)/b20-13+. The van der Waals surface area contributed by atoms with Crippen molar-refractivity contribution >= 4 is 23.8 Å². The average molecular weight is 339 g/mol. The molecule has 0 aliphatic rings. The first-order valence-corrected chi connectivity index (χ1v) is 8.07. The fraction of sp³-hybridized carbons (Fsp3) is 0.211. The number of benzene rings is 2. The van der Waals surface area contributed by atoms with Gasteiger partial charge in [-0.1, -0.05) is 18.2 Å². The van der Waals surface area contributed by atoms with Crippen LogP contribution in [0.25, 0.3) is 0 Å². The number of aromatic carboxylic acids is 1. The fourth-order valence-electron chi connectivity index (χ4n) is 2.44. The van der Waals surface area contributed by atoms with Gasteiger partial charge in [0.2, 0.25) is 0 Å². The maximum atomic E-state index is 12.1. The summed E-state index contributed by atoms with van der Waals surface area (Å²) >= 11 is 0. The molecule has 0 saturated carbocycles. The van der Waals surface area contributed by atoms with Gasteiger partial charge in [0.05, 0.1) is 11.8 Å². The molecule has 0 bridgehead atoms. The van der Waals surface area contributed by atoms with Crippen molar-refractivity contribution in [1.29, 1.82) is 0 Å². The number of hydrogen-bond acceptors (Lipinski definition) is 4. The van der Waals surface area contributed by atoms with Gasteiger partial charge in [0.25, 0.3) is 5.91 Å². The quantitative estimate of drug-likeness (QED) is 0.600. The van der Waals surface area contributed by atoms with Crippen molar-refractivity contribution < 1.29 is 14.7 Å². The van der Waals surface area contributed by atoms with E-state index in [2.05, 4.69) is 29.3 Å². The Kier molecular flexibility index (Phi) is 6.28. The van der Waals surface area contributed by atoms with Crippen LogP contribution in [0.2, 0.25) is 0 Å². The number of nitrogens with zero attached hydrogens (tertiary/aromatic N) is 2. The first-order valence-electron chi connectivity index (χ1n) is 8.07. The molecule has 0 saturated heterocycles. The summed E-state index contributed by atoms with van der Waals surface area (Å²) in [6.07, 6.45) is 1.33. The number of carbonyl (C=O) groups excluding carboxylic acids is 1. The molecular weight excluding hydrogens is 318 g/mol. The lowest BCUT2D eigenvalue weighted by molar-refractivity contribution is 0.0696. The second-order valence-electron chi connectivity index (χ2n) is 5.31. The molecule has 0 unspecified atom stereocenters. The smallest absolute Gasteiger partial charge is 0.336 e. The van der Waals surface area contributed by atoms with Crippen LogP contribution >= 0.6 is 0 Å². The summed E-state index contributed by atoms with van der Waals surface area (Å²) in [6, 6.07) is 13.7. The second-order valence-corrected chi connectivity index (χ2v) is 5.31. The van der Waals surface area contributed by atoms with Gasteiger partial charge >= 0.3 is 5.97 Å². The van der Waals surface area contributed by atoms with Crippen molar-refractivity contribution in [2.45, 2.75) is 13.8 Å². The zero-order valence-corrected chi connectivity index (χ0v) is 14.3. The Morgan fingerprint density at radius 2 is 1.72 bits per heavy atom. The van der Waals surface area contributed by atoms with Crippen molar-refractivity contribution in [3.63, 3.8) is 0 Å². The third-order valence-corrected chi connectivity index (χ3v) is 3.82. The topological polar surface area (TPSA) is 82.0 Å². The minimum Gasteiger partial charge on any atom is -0.478 e. The highest BCUT2D eigenvalue weighted by molar-refractivity contribution is 5.99. The summed E-state index contributed by atoms with van der Waals surface area (Å²) in [7, 11) is 0. The van der Waals surface area contributed by atoms with Crippen LogP contribution in [-0.4, -0.2) is 36.3 Å². The van der Waals surface area contributed by atoms with Crippen molar-refractivity contribution in [3.05, 3.63) is 65.2 Å². The summed E-state index contributed by atoms with van der Waals surface area (Å²) in [5.74, 6) is -1.39. The van der Waals surface area contributed by atoms with E-state index in [4.69, 9.17) is 5.11 Å². The number of rotatable bonds is 7. The van der Waals surface area contributed by atoms with E-state index in [0.29, 0.717) is 11.1 Å². The van der Waals surface area contributed by atoms with Crippen molar-refractivity contribution in [3.8, 4) is 0 Å². The normalized spacial score (nSPS) is 10.6. The van der Waals surface area contributed by atoms with E-state index in [1.807, 2.05) is 12.1 Å². The Morgan fingerprint density at radius 3 is 2.32 bits per heavy atom. The summed E-state index contributed by atoms with van der Waals surface area (Å²) < 4.78 is 0. The lowest BCUT2D eigenvalue weighted by atomic mass is 10.1. The minimum absolute atomic E-state index is 0.129. The minimum atomic E-state index is -1.04. The van der Waals surface area contributed by atoms with E-state index in [1.165, 1.54) is 12.3 Å². The molecule has 0 radical (unpaired) electrons. The molecule has 0 heterocycles. The number of carboxylic acid groups (broad SMARTS) is 1. The SMILES string of the molecule is CCN(CC)c1ccc(C(=O)N/N=C/c2ccccc2C(=O)O)cc1. The van der Waals surface area contributed by atoms with Crippen molar-refractivity contribution in [2.75, 3.05) is 18.0 Å². The lowest BCUT2D eigenvalue weighted by Crippen LogP contribution is -2.22. The van der Waals surface area contributed by atoms with Crippen LogP contribution < -0.4 is 10.3 Å². The van der Waals surface area contributed by atoms with Gasteiger partial charge in [0, 0.05) is 29.9 Å².